The van der Waals surface area contributed by atoms with E-state index in [1.54, 1.807) is 12.1 Å². The fourth-order valence-electron chi connectivity index (χ4n) is 6.27. The Labute approximate surface area is 232 Å². The normalized spacial score (nSPS) is 18.9. The summed E-state index contributed by atoms with van der Waals surface area (Å²) in [6, 6.07) is 16.7. The molecule has 204 valence electrons. The zero-order valence-electron chi connectivity index (χ0n) is 22.8. The number of imide groups is 1. The van der Waals surface area contributed by atoms with Crippen molar-refractivity contribution in [3.63, 3.8) is 0 Å². The number of carboxylic acid groups (broad SMARTS) is 1. The first kappa shape index (κ1) is 25.9. The Balaban J connectivity index is 1.34. The van der Waals surface area contributed by atoms with Crippen LogP contribution >= 0.6 is 0 Å². The maximum atomic E-state index is 13.3. The number of hydrogen-bond acceptors (Lipinski definition) is 5. The highest BCUT2D eigenvalue weighted by Crippen LogP contribution is 2.41. The average molecular weight is 537 g/mol. The van der Waals surface area contributed by atoms with E-state index in [1.807, 2.05) is 49.4 Å². The van der Waals surface area contributed by atoms with Gasteiger partial charge in [-0.15, -0.1) is 0 Å². The smallest absolute Gasteiger partial charge is 0.336 e. The van der Waals surface area contributed by atoms with Crippen LogP contribution in [0.1, 0.15) is 66.5 Å². The molecule has 3 heterocycles. The summed E-state index contributed by atoms with van der Waals surface area (Å²) in [7, 11) is 0. The van der Waals surface area contributed by atoms with Gasteiger partial charge in [0, 0.05) is 6.42 Å². The van der Waals surface area contributed by atoms with Crippen molar-refractivity contribution >= 4 is 34.6 Å². The van der Waals surface area contributed by atoms with E-state index in [2.05, 4.69) is 11.5 Å². The van der Waals surface area contributed by atoms with Gasteiger partial charge in [0.15, 0.2) is 5.65 Å². The van der Waals surface area contributed by atoms with Crippen LogP contribution in [-0.4, -0.2) is 37.4 Å². The molecule has 2 aromatic heterocycles. The number of rotatable bonds is 7. The zero-order chi connectivity index (χ0) is 28.0. The number of anilines is 1. The second-order valence-corrected chi connectivity index (χ2v) is 10.9. The number of pyridine rings is 1. The third-order valence-corrected chi connectivity index (χ3v) is 8.28. The molecule has 6 rings (SSSR count). The van der Waals surface area contributed by atoms with Crippen LogP contribution < -0.4 is 4.90 Å². The van der Waals surface area contributed by atoms with Crippen molar-refractivity contribution < 1.29 is 19.5 Å². The largest absolute Gasteiger partial charge is 0.478 e. The van der Waals surface area contributed by atoms with E-state index in [0.717, 1.165) is 61.1 Å². The maximum Gasteiger partial charge on any atom is 0.336 e. The molecule has 0 bridgehead atoms. The summed E-state index contributed by atoms with van der Waals surface area (Å²) in [4.78, 5) is 49.4. The number of carbonyl (C=O) groups is 3. The van der Waals surface area contributed by atoms with Gasteiger partial charge < -0.3 is 9.67 Å². The highest BCUT2D eigenvalue weighted by Gasteiger charge is 2.49. The summed E-state index contributed by atoms with van der Waals surface area (Å²) in [6.45, 7) is 4.50. The number of imidazole rings is 1. The van der Waals surface area contributed by atoms with Crippen LogP contribution in [-0.2, 0) is 22.6 Å². The van der Waals surface area contributed by atoms with Gasteiger partial charge in [0.25, 0.3) is 0 Å². The van der Waals surface area contributed by atoms with Crippen LogP contribution in [0.3, 0.4) is 0 Å². The first-order valence-electron chi connectivity index (χ1n) is 14.0. The molecule has 1 saturated heterocycles. The molecule has 2 amide bonds. The number of fused-ring (bicyclic) bond motifs is 2. The molecule has 2 fully saturated rings. The first-order chi connectivity index (χ1) is 19.4. The quantitative estimate of drug-likeness (QED) is 0.300. The van der Waals surface area contributed by atoms with Crippen molar-refractivity contribution in [3.8, 4) is 11.1 Å². The molecular formula is C32H32N4O4. The number of aromatic carboxylic acids is 1. The summed E-state index contributed by atoms with van der Waals surface area (Å²) in [5, 5.41) is 9.57. The molecular weight excluding hydrogens is 504 g/mol. The molecule has 4 aromatic rings. The second-order valence-electron chi connectivity index (χ2n) is 10.9. The summed E-state index contributed by atoms with van der Waals surface area (Å²) in [5.41, 5.74) is 5.40. The van der Waals surface area contributed by atoms with Gasteiger partial charge in [-0.1, -0.05) is 62.2 Å². The van der Waals surface area contributed by atoms with Crippen molar-refractivity contribution in [2.45, 2.75) is 58.9 Å². The number of nitrogens with zero attached hydrogens (tertiary/aromatic N) is 4. The number of hydrogen-bond donors (Lipinski definition) is 1. The lowest BCUT2D eigenvalue weighted by atomic mass is 9.81. The van der Waals surface area contributed by atoms with Crippen molar-refractivity contribution in [1.29, 1.82) is 0 Å². The van der Waals surface area contributed by atoms with Crippen LogP contribution in [0.4, 0.5) is 5.69 Å². The van der Waals surface area contributed by atoms with Gasteiger partial charge in [0.1, 0.15) is 11.3 Å². The van der Waals surface area contributed by atoms with Gasteiger partial charge in [0.2, 0.25) is 11.8 Å². The summed E-state index contributed by atoms with van der Waals surface area (Å²) in [5.74, 6) is -0.682. The van der Waals surface area contributed by atoms with E-state index in [-0.39, 0.29) is 29.2 Å². The Morgan fingerprint density at radius 3 is 2.30 bits per heavy atom. The first-order valence-corrected chi connectivity index (χ1v) is 14.0. The molecule has 1 N–H and O–H groups in total. The predicted molar refractivity (Wildman–Crippen MR) is 152 cm³/mol. The minimum atomic E-state index is -0.953. The van der Waals surface area contributed by atoms with E-state index in [4.69, 9.17) is 9.97 Å². The number of amides is 2. The molecule has 2 atom stereocenters. The van der Waals surface area contributed by atoms with Crippen LogP contribution in [0.25, 0.3) is 22.3 Å². The second kappa shape index (κ2) is 10.3. The molecule has 8 heteroatoms. The number of aryl methyl sites for hydroxylation is 2. The van der Waals surface area contributed by atoms with Crippen LogP contribution in [0.2, 0.25) is 0 Å². The highest BCUT2D eigenvalue weighted by atomic mass is 16.4. The van der Waals surface area contributed by atoms with Crippen molar-refractivity contribution in [2.75, 3.05) is 4.90 Å². The molecule has 1 aliphatic carbocycles. The third kappa shape index (κ3) is 4.37. The topological polar surface area (TPSA) is 105 Å². The van der Waals surface area contributed by atoms with Gasteiger partial charge >= 0.3 is 5.97 Å². The highest BCUT2D eigenvalue weighted by molar-refractivity contribution is 6.22. The van der Waals surface area contributed by atoms with Gasteiger partial charge in [-0.3, -0.25) is 9.59 Å². The van der Waals surface area contributed by atoms with Gasteiger partial charge in [-0.2, -0.15) is 0 Å². The summed E-state index contributed by atoms with van der Waals surface area (Å²) < 4.78 is 2.10. The maximum absolute atomic E-state index is 13.3. The molecule has 1 aliphatic heterocycles. The lowest BCUT2D eigenvalue weighted by molar-refractivity contribution is -0.122. The van der Waals surface area contributed by atoms with Crippen LogP contribution in [0, 0.1) is 18.8 Å². The van der Waals surface area contributed by atoms with E-state index in [1.165, 1.54) is 4.90 Å². The Morgan fingerprint density at radius 2 is 1.65 bits per heavy atom. The number of aromatic nitrogens is 3. The van der Waals surface area contributed by atoms with E-state index in [0.29, 0.717) is 29.0 Å². The average Bonchev–Trinajstić information content (AvgIpc) is 3.41. The van der Waals surface area contributed by atoms with Crippen molar-refractivity contribution in [1.82, 2.24) is 14.5 Å². The molecule has 2 aromatic carbocycles. The van der Waals surface area contributed by atoms with E-state index >= 15 is 0 Å². The lowest BCUT2D eigenvalue weighted by Gasteiger charge is -2.19. The van der Waals surface area contributed by atoms with Gasteiger partial charge in [-0.05, 0) is 55.0 Å². The Morgan fingerprint density at radius 1 is 0.975 bits per heavy atom. The zero-order valence-corrected chi connectivity index (χ0v) is 22.8. The Bertz CT molecular complexity index is 1610. The minimum Gasteiger partial charge on any atom is -0.478 e. The summed E-state index contributed by atoms with van der Waals surface area (Å²) >= 11 is 0. The van der Waals surface area contributed by atoms with E-state index < -0.39 is 5.97 Å². The molecule has 8 nitrogen and oxygen atoms in total. The standard InChI is InChI=1S/C32H32N4O4/c1-3-8-28-34-26-17-27(36-30(37)23-10-5-6-11-24(23)31(36)38)19(2)33-29(26)35(28)18-20-13-15-21(16-14-20)22-9-4-7-12-25(22)32(39)40/h4,7,9,12-17,23-24H,3,5-6,8,10-11,18H2,1-2H3,(H,39,40)/t23-,24+. The monoisotopic (exact) mass is 536 g/mol. The molecule has 0 unspecified atom stereocenters. The summed E-state index contributed by atoms with van der Waals surface area (Å²) in [6.07, 6.45) is 5.20. The van der Waals surface area contributed by atoms with Crippen LogP contribution in [0.5, 0.6) is 0 Å². The lowest BCUT2D eigenvalue weighted by Crippen LogP contribution is -2.31. The molecule has 2 aliphatic rings. The predicted octanol–water partition coefficient (Wildman–Crippen LogP) is 5.79. The minimum absolute atomic E-state index is 0.100. The van der Waals surface area contributed by atoms with Crippen LogP contribution in [0.15, 0.2) is 54.6 Å². The fraction of sp³-hybridized carbons (Fsp3) is 0.344. The molecule has 1 saturated carbocycles. The third-order valence-electron chi connectivity index (χ3n) is 8.28. The van der Waals surface area contributed by atoms with Gasteiger partial charge in [-0.25, -0.2) is 19.7 Å². The Kier molecular flexibility index (Phi) is 6.70. The molecule has 0 radical (unpaired) electrons. The number of benzene rings is 2. The van der Waals surface area contributed by atoms with Crippen molar-refractivity contribution in [3.05, 3.63) is 77.2 Å². The van der Waals surface area contributed by atoms with E-state index in [9.17, 15) is 19.5 Å². The molecule has 0 spiro atoms. The van der Waals surface area contributed by atoms with Crippen molar-refractivity contribution in [2.24, 2.45) is 11.8 Å². The molecule has 40 heavy (non-hydrogen) atoms. The Hall–Kier alpha value is -4.33. The fourth-order valence-corrected chi connectivity index (χ4v) is 6.27. The SMILES string of the molecule is CCCc1nc2cc(N3C(=O)[C@H]4CCCC[C@H]4C3=O)c(C)nc2n1Cc1ccc(-c2ccccc2C(=O)O)cc1. The number of carboxylic acids is 1. The number of carbonyl (C=O) groups excluding carboxylic acids is 2. The van der Waals surface area contributed by atoms with Gasteiger partial charge in [0.05, 0.1) is 35.3 Å².